The van der Waals surface area contributed by atoms with Gasteiger partial charge in [-0.15, -0.1) is 0 Å². The average molecular weight is 281 g/mol. The van der Waals surface area contributed by atoms with Crippen LogP contribution in [0.1, 0.15) is 23.4 Å². The summed E-state index contributed by atoms with van der Waals surface area (Å²) in [5.74, 6) is 0. The zero-order valence-corrected chi connectivity index (χ0v) is 9.11. The SMILES string of the molecule is N#Cc1nc(C(F)F)cc(Cl)c1CBr. The molecule has 0 atom stereocenters. The minimum Gasteiger partial charge on any atom is -0.236 e. The van der Waals surface area contributed by atoms with E-state index in [0.29, 0.717) is 10.9 Å². The Labute approximate surface area is 92.6 Å². The lowest BCUT2D eigenvalue weighted by Gasteiger charge is -2.05. The van der Waals surface area contributed by atoms with Crippen LogP contribution in [-0.2, 0) is 5.33 Å². The van der Waals surface area contributed by atoms with Crippen molar-refractivity contribution in [1.82, 2.24) is 4.98 Å². The molecular weight excluding hydrogens is 277 g/mol. The highest BCUT2D eigenvalue weighted by Gasteiger charge is 2.15. The summed E-state index contributed by atoms with van der Waals surface area (Å²) in [5, 5.41) is 9.08. The van der Waals surface area contributed by atoms with Crippen LogP contribution in [-0.4, -0.2) is 4.98 Å². The van der Waals surface area contributed by atoms with Gasteiger partial charge in [-0.2, -0.15) is 5.26 Å². The minimum absolute atomic E-state index is 0.0651. The molecule has 0 amide bonds. The quantitative estimate of drug-likeness (QED) is 0.779. The highest BCUT2D eigenvalue weighted by molar-refractivity contribution is 9.08. The molecule has 0 N–H and O–H groups in total. The summed E-state index contributed by atoms with van der Waals surface area (Å²) in [6.07, 6.45) is -2.72. The van der Waals surface area contributed by atoms with E-state index in [2.05, 4.69) is 20.9 Å². The number of alkyl halides is 3. The fraction of sp³-hybridized carbons (Fsp3) is 0.250. The molecule has 0 fully saturated rings. The van der Waals surface area contributed by atoms with E-state index in [4.69, 9.17) is 16.9 Å². The van der Waals surface area contributed by atoms with Crippen LogP contribution in [0, 0.1) is 11.3 Å². The Morgan fingerprint density at radius 3 is 2.71 bits per heavy atom. The molecule has 2 nitrogen and oxygen atoms in total. The van der Waals surface area contributed by atoms with Crippen molar-refractivity contribution >= 4 is 27.5 Å². The Kier molecular flexibility index (Phi) is 3.78. The van der Waals surface area contributed by atoms with Crippen LogP contribution in [0.4, 0.5) is 8.78 Å². The summed E-state index contributed by atoms with van der Waals surface area (Å²) in [6, 6.07) is 2.80. The number of nitriles is 1. The number of nitrogens with zero attached hydrogens (tertiary/aromatic N) is 2. The van der Waals surface area contributed by atoms with Gasteiger partial charge in [-0.3, -0.25) is 0 Å². The van der Waals surface area contributed by atoms with E-state index in [1.807, 2.05) is 0 Å². The van der Waals surface area contributed by atoms with Gasteiger partial charge >= 0.3 is 0 Å². The van der Waals surface area contributed by atoms with Gasteiger partial charge in [0.1, 0.15) is 17.5 Å². The van der Waals surface area contributed by atoms with Crippen molar-refractivity contribution in [3.05, 3.63) is 28.0 Å². The van der Waals surface area contributed by atoms with Gasteiger partial charge < -0.3 is 0 Å². The Bertz CT molecular complexity index is 390. The Hall–Kier alpha value is -0.730. The summed E-state index contributed by atoms with van der Waals surface area (Å²) >= 11 is 8.80. The van der Waals surface area contributed by atoms with Crippen LogP contribution in [0.5, 0.6) is 0 Å². The third kappa shape index (κ3) is 2.20. The summed E-state index contributed by atoms with van der Waals surface area (Å²) < 4.78 is 24.5. The van der Waals surface area contributed by atoms with Crippen LogP contribution in [0.25, 0.3) is 0 Å². The fourth-order valence-electron chi connectivity index (χ4n) is 0.890. The molecule has 0 saturated carbocycles. The van der Waals surface area contributed by atoms with Crippen molar-refractivity contribution < 1.29 is 8.78 Å². The smallest absolute Gasteiger partial charge is 0.236 e. The standard InChI is InChI=1S/C8H4BrClF2N2/c9-2-4-5(10)1-6(8(11)12)14-7(4)3-13/h1,8H,2H2. The molecule has 0 radical (unpaired) electrons. The maximum absolute atomic E-state index is 12.3. The molecule has 0 saturated heterocycles. The van der Waals surface area contributed by atoms with Crippen LogP contribution < -0.4 is 0 Å². The van der Waals surface area contributed by atoms with Gasteiger partial charge in [-0.25, -0.2) is 13.8 Å². The molecule has 1 aromatic heterocycles. The number of pyridine rings is 1. The van der Waals surface area contributed by atoms with Crippen molar-refractivity contribution in [1.29, 1.82) is 5.26 Å². The van der Waals surface area contributed by atoms with Crippen LogP contribution in [0.3, 0.4) is 0 Å². The Balaban J connectivity index is 3.33. The number of hydrogen-bond acceptors (Lipinski definition) is 2. The topological polar surface area (TPSA) is 36.7 Å². The number of rotatable bonds is 2. The van der Waals surface area contributed by atoms with Gasteiger partial charge in [0.2, 0.25) is 0 Å². The first-order valence-corrected chi connectivity index (χ1v) is 5.03. The van der Waals surface area contributed by atoms with Crippen molar-refractivity contribution in [3.8, 4) is 6.07 Å². The highest BCUT2D eigenvalue weighted by Crippen LogP contribution is 2.26. The van der Waals surface area contributed by atoms with E-state index in [0.717, 1.165) is 6.07 Å². The monoisotopic (exact) mass is 280 g/mol. The van der Waals surface area contributed by atoms with E-state index in [9.17, 15) is 8.78 Å². The summed E-state index contributed by atoms with van der Waals surface area (Å²) in [5.41, 5.74) is -0.112. The molecule has 6 heteroatoms. The van der Waals surface area contributed by atoms with Gasteiger partial charge in [0.15, 0.2) is 0 Å². The number of aromatic nitrogens is 1. The molecule has 0 aliphatic carbocycles. The van der Waals surface area contributed by atoms with Crippen LogP contribution >= 0.6 is 27.5 Å². The largest absolute Gasteiger partial charge is 0.280 e. The average Bonchev–Trinajstić information content (AvgIpc) is 2.16. The van der Waals surface area contributed by atoms with Crippen molar-refractivity contribution in [2.75, 3.05) is 0 Å². The first kappa shape index (κ1) is 11.3. The molecule has 1 aromatic rings. The second kappa shape index (κ2) is 4.67. The lowest BCUT2D eigenvalue weighted by molar-refractivity contribution is 0.146. The Morgan fingerprint density at radius 1 is 1.64 bits per heavy atom. The molecule has 1 rings (SSSR count). The maximum Gasteiger partial charge on any atom is 0.280 e. The van der Waals surface area contributed by atoms with E-state index >= 15 is 0 Å². The van der Waals surface area contributed by atoms with Gasteiger partial charge in [-0.05, 0) is 6.07 Å². The van der Waals surface area contributed by atoms with Crippen molar-refractivity contribution in [3.63, 3.8) is 0 Å². The second-order valence-corrected chi connectivity index (χ2v) is 3.37. The van der Waals surface area contributed by atoms with E-state index in [-0.39, 0.29) is 10.7 Å². The molecule has 0 aliphatic heterocycles. The molecular formula is C8H4BrClF2N2. The molecule has 14 heavy (non-hydrogen) atoms. The highest BCUT2D eigenvalue weighted by atomic mass is 79.9. The Morgan fingerprint density at radius 2 is 2.29 bits per heavy atom. The summed E-state index contributed by atoms with van der Waals surface area (Å²) in [6.45, 7) is 0. The third-order valence-electron chi connectivity index (χ3n) is 1.55. The van der Waals surface area contributed by atoms with E-state index in [1.165, 1.54) is 0 Å². The fourth-order valence-corrected chi connectivity index (χ4v) is 1.89. The van der Waals surface area contributed by atoms with Gasteiger partial charge in [-0.1, -0.05) is 27.5 Å². The molecule has 0 aromatic carbocycles. The predicted octanol–water partition coefficient (Wildman–Crippen LogP) is 3.44. The molecule has 0 bridgehead atoms. The normalized spacial score (nSPS) is 10.3. The molecule has 74 valence electrons. The first-order valence-electron chi connectivity index (χ1n) is 3.53. The zero-order valence-electron chi connectivity index (χ0n) is 6.77. The summed E-state index contributed by atoms with van der Waals surface area (Å²) in [4.78, 5) is 3.50. The number of halogens is 4. The van der Waals surface area contributed by atoms with E-state index < -0.39 is 12.1 Å². The zero-order chi connectivity index (χ0) is 10.7. The van der Waals surface area contributed by atoms with Crippen LogP contribution in [0.15, 0.2) is 6.07 Å². The lowest BCUT2D eigenvalue weighted by atomic mass is 10.2. The third-order valence-corrected chi connectivity index (χ3v) is 2.45. The van der Waals surface area contributed by atoms with Crippen LogP contribution in [0.2, 0.25) is 5.02 Å². The lowest BCUT2D eigenvalue weighted by Crippen LogP contribution is -1.98. The number of hydrogen-bond donors (Lipinski definition) is 0. The first-order chi connectivity index (χ1) is 6.60. The predicted molar refractivity (Wildman–Crippen MR) is 51.6 cm³/mol. The minimum atomic E-state index is -2.72. The van der Waals surface area contributed by atoms with Crippen molar-refractivity contribution in [2.45, 2.75) is 11.8 Å². The van der Waals surface area contributed by atoms with Gasteiger partial charge in [0.25, 0.3) is 6.43 Å². The second-order valence-electron chi connectivity index (χ2n) is 2.40. The van der Waals surface area contributed by atoms with Crippen molar-refractivity contribution in [2.24, 2.45) is 0 Å². The van der Waals surface area contributed by atoms with E-state index in [1.54, 1.807) is 6.07 Å². The molecule has 0 unspecified atom stereocenters. The maximum atomic E-state index is 12.3. The van der Waals surface area contributed by atoms with Gasteiger partial charge in [0.05, 0.1) is 0 Å². The molecule has 0 spiro atoms. The molecule has 0 aliphatic rings. The van der Waals surface area contributed by atoms with Gasteiger partial charge in [0, 0.05) is 15.9 Å². The molecule has 1 heterocycles. The summed E-state index contributed by atoms with van der Waals surface area (Å²) in [7, 11) is 0.